The number of rotatable bonds is 1. The van der Waals surface area contributed by atoms with Gasteiger partial charge in [-0.1, -0.05) is 48.0 Å². The lowest BCUT2D eigenvalue weighted by Gasteiger charge is -2.17. The lowest BCUT2D eigenvalue weighted by Crippen LogP contribution is -2.37. The quantitative estimate of drug-likeness (QED) is 0.513. The van der Waals surface area contributed by atoms with Gasteiger partial charge in [0.25, 0.3) is 5.56 Å². The highest BCUT2D eigenvalue weighted by Gasteiger charge is 2.34. The minimum atomic E-state index is -0.940. The molecule has 0 radical (unpaired) electrons. The van der Waals surface area contributed by atoms with Crippen molar-refractivity contribution in [2.45, 2.75) is 13.0 Å². The van der Waals surface area contributed by atoms with Crippen LogP contribution >= 0.6 is 11.6 Å². The van der Waals surface area contributed by atoms with Crippen LogP contribution in [0, 0.1) is 6.92 Å². The number of hydrogen-bond acceptors (Lipinski definition) is 4. The molecule has 4 aromatic rings. The van der Waals surface area contributed by atoms with E-state index in [-0.39, 0.29) is 11.0 Å². The van der Waals surface area contributed by atoms with Gasteiger partial charge in [0.1, 0.15) is 6.10 Å². The maximum atomic E-state index is 13.2. The molecule has 0 saturated carbocycles. The zero-order valence-electron chi connectivity index (χ0n) is 16.6. The summed E-state index contributed by atoms with van der Waals surface area (Å²) in [4.78, 5) is 30.5. The number of benzene rings is 2. The van der Waals surface area contributed by atoms with Crippen molar-refractivity contribution in [1.82, 2.24) is 14.1 Å². The van der Waals surface area contributed by atoms with Crippen molar-refractivity contribution in [3.63, 3.8) is 0 Å². The highest BCUT2D eigenvalue weighted by molar-refractivity contribution is 6.31. The third-order valence-corrected chi connectivity index (χ3v) is 6.28. The molecule has 1 aliphatic carbocycles. The molecule has 5 rings (SSSR count). The molecule has 1 aliphatic rings. The largest absolute Gasteiger partial charge is 0.384 e. The van der Waals surface area contributed by atoms with Crippen LogP contribution in [-0.4, -0.2) is 19.2 Å². The standard InChI is InChI=1S/C23H18ClN3O3/c1-11-8-9-12(10-15(11)24)16-17-19(13-6-4-5-7-14(13)20(17)28)25-21-18(16)22(29)27(3)23(30)26(21)2/h4-10,20,28H,1-3H3/t20-/m1/s1. The van der Waals surface area contributed by atoms with Crippen LogP contribution in [0.25, 0.3) is 33.4 Å². The van der Waals surface area contributed by atoms with Gasteiger partial charge in [0.15, 0.2) is 5.65 Å². The summed E-state index contributed by atoms with van der Waals surface area (Å²) in [7, 11) is 3.03. The molecule has 150 valence electrons. The summed E-state index contributed by atoms with van der Waals surface area (Å²) in [6.45, 7) is 1.90. The van der Waals surface area contributed by atoms with Crippen molar-refractivity contribution in [2.75, 3.05) is 0 Å². The highest BCUT2D eigenvalue weighted by atomic mass is 35.5. The van der Waals surface area contributed by atoms with Gasteiger partial charge in [0, 0.05) is 35.8 Å². The Morgan fingerprint density at radius 2 is 1.80 bits per heavy atom. The van der Waals surface area contributed by atoms with Crippen LogP contribution in [0.5, 0.6) is 0 Å². The molecule has 2 heterocycles. The smallest absolute Gasteiger partial charge is 0.332 e. The average molecular weight is 420 g/mol. The van der Waals surface area contributed by atoms with Crippen LogP contribution < -0.4 is 11.2 Å². The van der Waals surface area contributed by atoms with E-state index in [9.17, 15) is 14.7 Å². The summed E-state index contributed by atoms with van der Waals surface area (Å²) in [5.41, 5.74) is 4.13. The second kappa shape index (κ2) is 6.39. The summed E-state index contributed by atoms with van der Waals surface area (Å²) in [5.74, 6) is 0. The molecule has 0 aliphatic heterocycles. The number of hydrogen-bond donors (Lipinski definition) is 1. The van der Waals surface area contributed by atoms with Crippen LogP contribution in [0.3, 0.4) is 0 Å². The summed E-state index contributed by atoms with van der Waals surface area (Å²) >= 11 is 6.40. The minimum absolute atomic E-state index is 0.275. The predicted octanol–water partition coefficient (Wildman–Crippen LogP) is 3.32. The van der Waals surface area contributed by atoms with Crippen molar-refractivity contribution >= 4 is 22.6 Å². The number of aromatic nitrogens is 3. The van der Waals surface area contributed by atoms with Gasteiger partial charge in [-0.05, 0) is 29.7 Å². The molecule has 30 heavy (non-hydrogen) atoms. The minimum Gasteiger partial charge on any atom is -0.384 e. The molecule has 1 N–H and O–H groups in total. The van der Waals surface area contributed by atoms with E-state index in [0.717, 1.165) is 21.3 Å². The first-order chi connectivity index (χ1) is 14.3. The molecule has 0 fully saturated rings. The zero-order chi connectivity index (χ0) is 21.3. The molecule has 2 aromatic carbocycles. The summed E-state index contributed by atoms with van der Waals surface area (Å²) in [6, 6.07) is 13.0. The molecule has 1 atom stereocenters. The number of pyridine rings is 1. The summed E-state index contributed by atoms with van der Waals surface area (Å²) in [5, 5.41) is 12.0. The van der Waals surface area contributed by atoms with Crippen LogP contribution in [0.15, 0.2) is 52.1 Å². The van der Waals surface area contributed by atoms with Crippen molar-refractivity contribution in [3.05, 3.63) is 85.0 Å². The van der Waals surface area contributed by atoms with Gasteiger partial charge in [-0.25, -0.2) is 9.78 Å². The normalized spacial score (nSPS) is 14.8. The number of aliphatic hydroxyl groups excluding tert-OH is 1. The zero-order valence-corrected chi connectivity index (χ0v) is 17.4. The van der Waals surface area contributed by atoms with Gasteiger partial charge in [-0.2, -0.15) is 0 Å². The number of aryl methyl sites for hydroxylation is 2. The average Bonchev–Trinajstić information content (AvgIpc) is 3.03. The molecule has 7 heteroatoms. The van der Waals surface area contributed by atoms with E-state index >= 15 is 0 Å². The lowest BCUT2D eigenvalue weighted by atomic mass is 9.94. The Morgan fingerprint density at radius 1 is 1.07 bits per heavy atom. The Labute approximate surface area is 176 Å². The van der Waals surface area contributed by atoms with E-state index in [4.69, 9.17) is 16.6 Å². The van der Waals surface area contributed by atoms with Crippen LogP contribution in [-0.2, 0) is 14.1 Å². The molecule has 0 amide bonds. The first-order valence-electron chi connectivity index (χ1n) is 9.48. The number of fused-ring (bicyclic) bond motifs is 4. The second-order valence-electron chi connectivity index (χ2n) is 7.61. The molecule has 0 unspecified atom stereocenters. The Morgan fingerprint density at radius 3 is 2.53 bits per heavy atom. The maximum Gasteiger partial charge on any atom is 0.332 e. The van der Waals surface area contributed by atoms with Crippen molar-refractivity contribution < 1.29 is 5.11 Å². The third-order valence-electron chi connectivity index (χ3n) is 5.87. The molecule has 0 spiro atoms. The van der Waals surface area contributed by atoms with E-state index in [1.807, 2.05) is 43.3 Å². The van der Waals surface area contributed by atoms with Crippen LogP contribution in [0.1, 0.15) is 22.8 Å². The van der Waals surface area contributed by atoms with E-state index in [0.29, 0.717) is 27.4 Å². The van der Waals surface area contributed by atoms with Gasteiger partial charge in [0.2, 0.25) is 0 Å². The SMILES string of the molecule is Cc1ccc(-c2c3c(nc4c2c(=O)n(C)c(=O)n4C)-c2ccccc2[C@H]3O)cc1Cl. The Kier molecular flexibility index (Phi) is 4.00. The van der Waals surface area contributed by atoms with Gasteiger partial charge in [-0.3, -0.25) is 13.9 Å². The topological polar surface area (TPSA) is 77.1 Å². The molecular weight excluding hydrogens is 402 g/mol. The molecular formula is C23H18ClN3O3. The van der Waals surface area contributed by atoms with Gasteiger partial charge in [-0.15, -0.1) is 0 Å². The van der Waals surface area contributed by atoms with E-state index < -0.39 is 17.4 Å². The highest BCUT2D eigenvalue weighted by Crippen LogP contribution is 2.48. The van der Waals surface area contributed by atoms with Gasteiger partial charge in [0.05, 0.1) is 11.1 Å². The third kappa shape index (κ3) is 2.38. The van der Waals surface area contributed by atoms with Crippen molar-refractivity contribution in [2.24, 2.45) is 14.1 Å². The first-order valence-corrected chi connectivity index (χ1v) is 9.86. The predicted molar refractivity (Wildman–Crippen MR) is 117 cm³/mol. The van der Waals surface area contributed by atoms with Crippen molar-refractivity contribution in [1.29, 1.82) is 0 Å². The fourth-order valence-electron chi connectivity index (χ4n) is 4.23. The van der Waals surface area contributed by atoms with Crippen molar-refractivity contribution in [3.8, 4) is 22.4 Å². The van der Waals surface area contributed by atoms with Gasteiger partial charge >= 0.3 is 5.69 Å². The lowest BCUT2D eigenvalue weighted by molar-refractivity contribution is 0.225. The fourth-order valence-corrected chi connectivity index (χ4v) is 4.41. The van der Waals surface area contributed by atoms with E-state index in [1.54, 1.807) is 13.1 Å². The van der Waals surface area contributed by atoms with E-state index in [1.165, 1.54) is 11.6 Å². The first kappa shape index (κ1) is 18.8. The van der Waals surface area contributed by atoms with E-state index in [2.05, 4.69) is 0 Å². The number of aliphatic hydroxyl groups is 1. The van der Waals surface area contributed by atoms with Gasteiger partial charge < -0.3 is 5.11 Å². The fraction of sp³-hybridized carbons (Fsp3) is 0.174. The molecule has 2 aromatic heterocycles. The Balaban J connectivity index is 2.06. The Bertz CT molecular complexity index is 1500. The Hall–Kier alpha value is -3.22. The monoisotopic (exact) mass is 419 g/mol. The van der Waals surface area contributed by atoms with Crippen LogP contribution in [0.2, 0.25) is 5.02 Å². The molecule has 0 bridgehead atoms. The molecule has 6 nitrogen and oxygen atoms in total. The van der Waals surface area contributed by atoms with Crippen LogP contribution in [0.4, 0.5) is 0 Å². The second-order valence-corrected chi connectivity index (χ2v) is 8.01. The summed E-state index contributed by atoms with van der Waals surface area (Å²) < 4.78 is 2.42. The molecule has 0 saturated heterocycles. The maximum absolute atomic E-state index is 13.2. The summed E-state index contributed by atoms with van der Waals surface area (Å²) in [6.07, 6.45) is -0.940. The number of halogens is 1. The number of nitrogens with zero attached hydrogens (tertiary/aromatic N) is 3.